The molecule has 9 atom stereocenters. The molecular weight excluding hydrogens is 919 g/mol. The fraction of sp³-hybridized carbons (Fsp3) is 0.625. The molecule has 1 saturated heterocycles. The van der Waals surface area contributed by atoms with Crippen molar-refractivity contribution in [3.8, 4) is 5.75 Å². The Bertz CT molecular complexity index is 2100. The number of carbonyl (C=O) groups is 8. The number of likely N-dealkylation sites (tertiary alicyclic amines) is 1. The van der Waals surface area contributed by atoms with Crippen LogP contribution in [0.15, 0.2) is 41.8 Å². The molecule has 2 heterocycles. The predicted molar refractivity (Wildman–Crippen MR) is 265 cm³/mol. The van der Waals surface area contributed by atoms with Gasteiger partial charge in [-0.25, -0.2) is 9.78 Å². The van der Waals surface area contributed by atoms with E-state index in [4.69, 9.17) is 16.2 Å². The first kappa shape index (κ1) is 58.5. The fourth-order valence-corrected chi connectivity index (χ4v) is 8.03. The highest BCUT2D eigenvalue weighted by atomic mass is 16.5. The van der Waals surface area contributed by atoms with E-state index < -0.39 is 101 Å². The Kier molecular flexibility index (Phi) is 24.2. The molecule has 1 aliphatic heterocycles. The summed E-state index contributed by atoms with van der Waals surface area (Å²) < 4.78 is 5.60. The number of aromatic nitrogens is 2. The van der Waals surface area contributed by atoms with E-state index in [1.807, 2.05) is 20.8 Å². The Balaban J connectivity index is 1.95. The van der Waals surface area contributed by atoms with Gasteiger partial charge in [0.05, 0.1) is 19.5 Å². The van der Waals surface area contributed by atoms with Crippen LogP contribution in [0.4, 0.5) is 0 Å². The van der Waals surface area contributed by atoms with E-state index in [9.17, 15) is 43.5 Å². The first-order valence-corrected chi connectivity index (χ1v) is 24.5. The van der Waals surface area contributed by atoms with E-state index >= 15 is 0 Å². The van der Waals surface area contributed by atoms with Crippen molar-refractivity contribution in [3.05, 3.63) is 48.0 Å². The maximum absolute atomic E-state index is 14.6. The summed E-state index contributed by atoms with van der Waals surface area (Å²) in [6.45, 7) is 13.1. The van der Waals surface area contributed by atoms with Crippen molar-refractivity contribution in [1.29, 1.82) is 0 Å². The smallest absolute Gasteiger partial charge is 0.326 e. The number of H-pyrrole nitrogens is 1. The minimum atomic E-state index is -1.31. The van der Waals surface area contributed by atoms with Crippen LogP contribution < -0.4 is 53.4 Å². The number of nitrogens with one attached hydrogen (secondary N) is 8. The molecule has 394 valence electrons. The van der Waals surface area contributed by atoms with Crippen LogP contribution in [0.25, 0.3) is 0 Å². The van der Waals surface area contributed by atoms with E-state index in [0.717, 1.165) is 0 Å². The Morgan fingerprint density at radius 2 is 1.42 bits per heavy atom. The van der Waals surface area contributed by atoms with Crippen LogP contribution in [0.2, 0.25) is 0 Å². The highest BCUT2D eigenvalue weighted by Crippen LogP contribution is 2.22. The summed E-state index contributed by atoms with van der Waals surface area (Å²) in [5.74, 6) is -6.60. The van der Waals surface area contributed by atoms with Gasteiger partial charge in [0.15, 0.2) is 5.96 Å². The number of carboxylic acid groups (broad SMARTS) is 1. The van der Waals surface area contributed by atoms with Gasteiger partial charge in [-0.05, 0) is 75.1 Å². The molecule has 1 aromatic carbocycles. The predicted octanol–water partition coefficient (Wildman–Crippen LogP) is -0.401. The minimum Gasteiger partial charge on any atom is -0.494 e. The third-order valence-electron chi connectivity index (χ3n) is 12.5. The third-order valence-corrected chi connectivity index (χ3v) is 12.5. The van der Waals surface area contributed by atoms with Crippen molar-refractivity contribution in [3.63, 3.8) is 0 Å². The summed E-state index contributed by atoms with van der Waals surface area (Å²) in [6, 6.07) is -1.29. The molecule has 0 radical (unpaired) electrons. The molecule has 2 aromatic rings. The number of aliphatic carboxylic acids is 1. The number of carboxylic acids is 1. The van der Waals surface area contributed by atoms with Gasteiger partial charge >= 0.3 is 5.97 Å². The zero-order chi connectivity index (χ0) is 52.8. The number of aromatic amines is 1. The number of ether oxygens (including phenoxy) is 1. The molecule has 0 saturated carbocycles. The van der Waals surface area contributed by atoms with Crippen LogP contribution in [-0.2, 0) is 51.2 Å². The summed E-state index contributed by atoms with van der Waals surface area (Å²) in [5.41, 5.74) is 12.0. The molecule has 13 N–H and O–H groups in total. The number of amides is 7. The van der Waals surface area contributed by atoms with Crippen molar-refractivity contribution in [2.75, 3.05) is 33.3 Å². The number of likely N-dealkylation sites (N-methyl/N-ethyl adjacent to an activating group) is 1. The van der Waals surface area contributed by atoms with Gasteiger partial charge in [0.25, 0.3) is 0 Å². The van der Waals surface area contributed by atoms with E-state index in [1.54, 1.807) is 59.0 Å². The molecular formula is C48H77N13O10. The molecule has 71 heavy (non-hydrogen) atoms. The second-order valence-electron chi connectivity index (χ2n) is 18.3. The first-order chi connectivity index (χ1) is 33.7. The first-order valence-electron chi connectivity index (χ1n) is 24.5. The summed E-state index contributed by atoms with van der Waals surface area (Å²) in [4.78, 5) is 122. The van der Waals surface area contributed by atoms with Gasteiger partial charge in [-0.2, -0.15) is 0 Å². The lowest BCUT2D eigenvalue weighted by Gasteiger charge is -2.32. The molecule has 1 fully saturated rings. The molecule has 0 aliphatic carbocycles. The molecule has 1 aliphatic rings. The number of rotatable bonds is 30. The number of carbonyl (C=O) groups excluding carboxylic acids is 7. The lowest BCUT2D eigenvalue weighted by molar-refractivity contribution is -0.146. The van der Waals surface area contributed by atoms with Gasteiger partial charge in [-0.3, -0.25) is 38.6 Å². The molecule has 23 nitrogen and oxygen atoms in total. The van der Waals surface area contributed by atoms with E-state index in [-0.39, 0.29) is 57.2 Å². The number of hydrogen-bond acceptors (Lipinski definition) is 12. The summed E-state index contributed by atoms with van der Waals surface area (Å²) in [6.07, 6.45) is 4.89. The minimum absolute atomic E-state index is 0.0514. The molecule has 0 bridgehead atoms. The van der Waals surface area contributed by atoms with Crippen LogP contribution in [-0.4, -0.2) is 149 Å². The molecule has 0 spiro atoms. The highest BCUT2D eigenvalue weighted by molar-refractivity contribution is 5.98. The fourth-order valence-electron chi connectivity index (χ4n) is 8.03. The van der Waals surface area contributed by atoms with E-state index in [2.05, 4.69) is 52.2 Å². The van der Waals surface area contributed by atoms with Gasteiger partial charge in [0, 0.05) is 37.8 Å². The maximum Gasteiger partial charge on any atom is 0.326 e. The number of aliphatic imine (C=N–C) groups is 1. The summed E-state index contributed by atoms with van der Waals surface area (Å²) in [5, 5.41) is 29.1. The average molecular weight is 996 g/mol. The van der Waals surface area contributed by atoms with Crippen molar-refractivity contribution >= 4 is 53.3 Å². The van der Waals surface area contributed by atoms with Crippen molar-refractivity contribution in [2.45, 2.75) is 142 Å². The number of nitrogens with zero attached hydrogens (tertiary/aromatic N) is 3. The summed E-state index contributed by atoms with van der Waals surface area (Å²) in [7, 11) is 1.58. The number of guanidine groups is 1. The number of imidazole rings is 1. The lowest BCUT2D eigenvalue weighted by atomic mass is 9.96. The van der Waals surface area contributed by atoms with Crippen LogP contribution in [0, 0.1) is 17.8 Å². The Morgan fingerprint density at radius 3 is 2.00 bits per heavy atom. The third kappa shape index (κ3) is 18.5. The zero-order valence-corrected chi connectivity index (χ0v) is 42.3. The Morgan fingerprint density at radius 1 is 0.803 bits per heavy atom. The molecule has 0 unspecified atom stereocenters. The number of nitrogens with two attached hydrogens (primary N) is 2. The number of benzene rings is 1. The standard InChI is InChI=1S/C48H77N13O10/c1-9-28(6)39(45(67)57-35(23-31-24-52-26-54-31)46(68)61-21-13-15-36(61)43(65)60-40(47(69)70)29(7)10-2)59-42(64)34(22-30-16-18-32(19-17-30)71-11-3)56-44(66)38(27(4)5)58-41(63)33(55-37(62)25-51-8)14-12-20-53-48(49)50/h16-19,24,26-29,33-36,38-40,51H,9-15,20-23,25H2,1-8H3,(H,52,54)(H,55,62)(H,56,66)(H,57,67)(H,58,63)(H,59,64)(H,60,65)(H,69,70)(H4,49,50,53)/t28-,29-,33-,34-,35-,36-,38-,39-,40-/m0/s1. The van der Waals surface area contributed by atoms with Crippen molar-refractivity contribution in [1.82, 2.24) is 52.1 Å². The van der Waals surface area contributed by atoms with Crippen molar-refractivity contribution in [2.24, 2.45) is 34.2 Å². The lowest BCUT2D eigenvalue weighted by Crippen LogP contribution is -2.62. The van der Waals surface area contributed by atoms with Gasteiger partial charge in [0.1, 0.15) is 48.0 Å². The second-order valence-corrected chi connectivity index (χ2v) is 18.3. The quantitative estimate of drug-likeness (QED) is 0.0270. The number of hydrogen-bond donors (Lipinski definition) is 11. The van der Waals surface area contributed by atoms with Gasteiger partial charge in [-0.15, -0.1) is 0 Å². The van der Waals surface area contributed by atoms with Crippen LogP contribution in [0.5, 0.6) is 5.75 Å². The SMILES string of the molecule is CCOc1ccc(C[C@H](NC(=O)[C@@H](NC(=O)[C@H](CCCN=C(N)N)NC(=O)CNC)C(C)C)C(=O)N[C@H](C(=O)N[C@@H](Cc2cnc[nH]2)C(=O)N2CCC[C@H]2C(=O)N[C@H](C(=O)O)[C@@H](C)CC)[C@@H](C)CC)cc1. The normalized spacial score (nSPS) is 16.7. The molecule has 1 aromatic heterocycles. The molecule has 3 rings (SSSR count). The maximum atomic E-state index is 14.6. The van der Waals surface area contributed by atoms with Crippen LogP contribution >= 0.6 is 0 Å². The van der Waals surface area contributed by atoms with Crippen LogP contribution in [0.3, 0.4) is 0 Å². The highest BCUT2D eigenvalue weighted by Gasteiger charge is 2.41. The van der Waals surface area contributed by atoms with Gasteiger partial charge < -0.3 is 68.4 Å². The van der Waals surface area contributed by atoms with Gasteiger partial charge in [0.2, 0.25) is 41.4 Å². The zero-order valence-electron chi connectivity index (χ0n) is 42.3. The monoisotopic (exact) mass is 996 g/mol. The Hall–Kier alpha value is -6.78. The van der Waals surface area contributed by atoms with Crippen LogP contribution in [0.1, 0.15) is 98.2 Å². The van der Waals surface area contributed by atoms with E-state index in [0.29, 0.717) is 49.3 Å². The Labute approximate surface area is 416 Å². The topological polar surface area (TPSA) is 347 Å². The second kappa shape index (κ2) is 29.4. The molecule has 7 amide bonds. The van der Waals surface area contributed by atoms with Crippen molar-refractivity contribution < 1.29 is 48.2 Å². The average Bonchev–Trinajstić information content (AvgIpc) is 4.05. The largest absolute Gasteiger partial charge is 0.494 e. The molecule has 23 heteroatoms. The van der Waals surface area contributed by atoms with E-state index in [1.165, 1.54) is 17.4 Å². The summed E-state index contributed by atoms with van der Waals surface area (Å²) >= 11 is 0. The van der Waals surface area contributed by atoms with Gasteiger partial charge in [-0.1, -0.05) is 66.5 Å².